The van der Waals surface area contributed by atoms with Crippen molar-refractivity contribution >= 4 is 5.97 Å². The van der Waals surface area contributed by atoms with Crippen LogP contribution in [0.15, 0.2) is 12.4 Å². The predicted molar refractivity (Wildman–Crippen MR) is 36.8 cm³/mol. The molecule has 1 N–H and O–H groups in total. The lowest BCUT2D eigenvalue weighted by atomic mass is 10.4. The molecule has 3 nitrogen and oxygen atoms in total. The first-order valence-corrected chi connectivity index (χ1v) is 3.02. The van der Waals surface area contributed by atoms with Gasteiger partial charge in [-0.1, -0.05) is 0 Å². The lowest BCUT2D eigenvalue weighted by Crippen LogP contribution is -2.00. The van der Waals surface area contributed by atoms with E-state index in [0.717, 1.165) is 5.56 Å². The highest BCUT2D eigenvalue weighted by molar-refractivity contribution is 5.69. The van der Waals surface area contributed by atoms with Crippen molar-refractivity contribution in [2.75, 3.05) is 0 Å². The smallest absolute Gasteiger partial charge is 0.308 e. The van der Waals surface area contributed by atoms with Gasteiger partial charge < -0.3 is 9.72 Å². The Hall–Kier alpha value is -1.25. The van der Waals surface area contributed by atoms with Gasteiger partial charge in [-0.25, -0.2) is 0 Å². The maximum atomic E-state index is 10.4. The molecule has 0 saturated carbocycles. The number of esters is 1. The van der Waals surface area contributed by atoms with Crippen LogP contribution in [0.3, 0.4) is 0 Å². The van der Waals surface area contributed by atoms with Crippen molar-refractivity contribution in [1.82, 2.24) is 4.98 Å². The second-order valence-electron chi connectivity index (χ2n) is 2.10. The Balaban J connectivity index is 2.74. The lowest BCUT2D eigenvalue weighted by Gasteiger charge is -1.96. The summed E-state index contributed by atoms with van der Waals surface area (Å²) in [4.78, 5) is 13.3. The van der Waals surface area contributed by atoms with Gasteiger partial charge in [-0.3, -0.25) is 4.79 Å². The maximum absolute atomic E-state index is 10.4. The second kappa shape index (κ2) is 2.56. The molecule has 1 heterocycles. The highest BCUT2D eigenvalue weighted by atomic mass is 16.5. The molecule has 0 aliphatic rings. The summed E-state index contributed by atoms with van der Waals surface area (Å²) in [5.41, 5.74) is 0.940. The van der Waals surface area contributed by atoms with E-state index < -0.39 is 0 Å². The number of aryl methyl sites for hydroxylation is 1. The monoisotopic (exact) mass is 139 g/mol. The number of hydrogen-bond donors (Lipinski definition) is 1. The SMILES string of the molecule is CC(=O)Oc1c[nH]cc1C. The molecule has 0 atom stereocenters. The van der Waals surface area contributed by atoms with Crippen LogP contribution in [0.1, 0.15) is 12.5 Å². The number of H-pyrrole nitrogens is 1. The minimum Gasteiger partial charge on any atom is -0.425 e. The summed E-state index contributed by atoms with van der Waals surface area (Å²) in [7, 11) is 0. The van der Waals surface area contributed by atoms with E-state index in [1.807, 2.05) is 6.92 Å². The van der Waals surface area contributed by atoms with Gasteiger partial charge in [0.1, 0.15) is 0 Å². The van der Waals surface area contributed by atoms with Crippen molar-refractivity contribution in [2.24, 2.45) is 0 Å². The third-order valence-electron chi connectivity index (χ3n) is 1.16. The Morgan fingerprint density at radius 3 is 2.70 bits per heavy atom. The van der Waals surface area contributed by atoms with Crippen molar-refractivity contribution < 1.29 is 9.53 Å². The van der Waals surface area contributed by atoms with Crippen LogP contribution in [0, 0.1) is 6.92 Å². The summed E-state index contributed by atoms with van der Waals surface area (Å²) < 4.78 is 4.81. The van der Waals surface area contributed by atoms with Gasteiger partial charge in [0.15, 0.2) is 5.75 Å². The van der Waals surface area contributed by atoms with Gasteiger partial charge in [0.05, 0.1) is 0 Å². The van der Waals surface area contributed by atoms with Crippen molar-refractivity contribution in [2.45, 2.75) is 13.8 Å². The topological polar surface area (TPSA) is 42.1 Å². The second-order valence-corrected chi connectivity index (χ2v) is 2.10. The largest absolute Gasteiger partial charge is 0.425 e. The molecule has 0 radical (unpaired) electrons. The normalized spacial score (nSPS) is 9.40. The maximum Gasteiger partial charge on any atom is 0.308 e. The summed E-state index contributed by atoms with van der Waals surface area (Å²) in [6, 6.07) is 0. The third-order valence-corrected chi connectivity index (χ3v) is 1.16. The standard InChI is InChI=1S/C7H9NO2/c1-5-3-8-4-7(5)10-6(2)9/h3-4,8H,1-2H3. The van der Waals surface area contributed by atoms with Crippen LogP contribution in [0.5, 0.6) is 5.75 Å². The molecule has 0 saturated heterocycles. The van der Waals surface area contributed by atoms with Gasteiger partial charge in [0.2, 0.25) is 0 Å². The number of aromatic nitrogens is 1. The number of aromatic amines is 1. The van der Waals surface area contributed by atoms with E-state index in [-0.39, 0.29) is 5.97 Å². The zero-order valence-electron chi connectivity index (χ0n) is 5.97. The fraction of sp³-hybridized carbons (Fsp3) is 0.286. The molecular formula is C7H9NO2. The summed E-state index contributed by atoms with van der Waals surface area (Å²) in [5.74, 6) is 0.315. The summed E-state index contributed by atoms with van der Waals surface area (Å²) in [6.45, 7) is 3.25. The fourth-order valence-corrected chi connectivity index (χ4v) is 0.692. The van der Waals surface area contributed by atoms with Crippen molar-refractivity contribution in [3.05, 3.63) is 18.0 Å². The number of ether oxygens (including phenoxy) is 1. The van der Waals surface area contributed by atoms with Crippen molar-refractivity contribution in [3.63, 3.8) is 0 Å². The zero-order chi connectivity index (χ0) is 7.56. The first-order chi connectivity index (χ1) is 4.70. The Morgan fingerprint density at radius 1 is 1.60 bits per heavy atom. The van der Waals surface area contributed by atoms with Crippen molar-refractivity contribution in [1.29, 1.82) is 0 Å². The highest BCUT2D eigenvalue weighted by Crippen LogP contribution is 2.15. The predicted octanol–water partition coefficient (Wildman–Crippen LogP) is 1.25. The number of rotatable bonds is 1. The molecule has 1 rings (SSSR count). The molecule has 0 aromatic carbocycles. The molecule has 1 aromatic rings. The third kappa shape index (κ3) is 1.37. The van der Waals surface area contributed by atoms with Crippen LogP contribution in [-0.2, 0) is 4.79 Å². The molecule has 1 aromatic heterocycles. The average molecular weight is 139 g/mol. The number of nitrogens with one attached hydrogen (secondary N) is 1. The van der Waals surface area contributed by atoms with E-state index in [4.69, 9.17) is 4.74 Å². The van der Waals surface area contributed by atoms with Crippen LogP contribution >= 0.6 is 0 Å². The van der Waals surface area contributed by atoms with Gasteiger partial charge in [0, 0.05) is 24.9 Å². The minimum atomic E-state index is -0.289. The molecule has 3 heteroatoms. The highest BCUT2D eigenvalue weighted by Gasteiger charge is 2.00. The van der Waals surface area contributed by atoms with Gasteiger partial charge in [-0.15, -0.1) is 0 Å². The van der Waals surface area contributed by atoms with Gasteiger partial charge >= 0.3 is 5.97 Å². The van der Waals surface area contributed by atoms with E-state index in [2.05, 4.69) is 4.98 Å². The number of hydrogen-bond acceptors (Lipinski definition) is 2. The molecule has 0 fully saturated rings. The number of carbonyl (C=O) groups excluding carboxylic acids is 1. The van der Waals surface area contributed by atoms with Gasteiger partial charge in [-0.2, -0.15) is 0 Å². The zero-order valence-corrected chi connectivity index (χ0v) is 5.97. The Morgan fingerprint density at radius 2 is 2.30 bits per heavy atom. The van der Waals surface area contributed by atoms with Crippen LogP contribution in [-0.4, -0.2) is 11.0 Å². The first-order valence-electron chi connectivity index (χ1n) is 3.02. The molecule has 0 amide bonds. The first kappa shape index (κ1) is 6.86. The summed E-state index contributed by atoms with van der Waals surface area (Å²) >= 11 is 0. The van der Waals surface area contributed by atoms with E-state index in [9.17, 15) is 4.79 Å². The molecule has 10 heavy (non-hydrogen) atoms. The molecule has 0 aliphatic carbocycles. The average Bonchev–Trinajstić information content (AvgIpc) is 2.15. The Bertz CT molecular complexity index is 240. The molecule has 0 aliphatic heterocycles. The Kier molecular flexibility index (Phi) is 1.76. The summed E-state index contributed by atoms with van der Waals surface area (Å²) in [6.07, 6.45) is 3.43. The fourth-order valence-electron chi connectivity index (χ4n) is 0.692. The summed E-state index contributed by atoms with van der Waals surface area (Å²) in [5, 5.41) is 0. The molecule has 0 unspecified atom stereocenters. The van der Waals surface area contributed by atoms with Crippen molar-refractivity contribution in [3.8, 4) is 5.75 Å². The van der Waals surface area contributed by atoms with E-state index in [0.29, 0.717) is 5.75 Å². The van der Waals surface area contributed by atoms with Gasteiger partial charge in [-0.05, 0) is 6.92 Å². The molecule has 0 spiro atoms. The Labute approximate surface area is 59.0 Å². The van der Waals surface area contributed by atoms with Crippen LogP contribution in [0.25, 0.3) is 0 Å². The minimum absolute atomic E-state index is 0.289. The lowest BCUT2D eigenvalue weighted by molar-refractivity contribution is -0.131. The number of carbonyl (C=O) groups is 1. The van der Waals surface area contributed by atoms with Gasteiger partial charge in [0.25, 0.3) is 0 Å². The molecule has 0 bridgehead atoms. The van der Waals surface area contributed by atoms with E-state index >= 15 is 0 Å². The molecule has 54 valence electrons. The molecular weight excluding hydrogens is 130 g/mol. The van der Waals surface area contributed by atoms with E-state index in [1.165, 1.54) is 6.92 Å². The quantitative estimate of drug-likeness (QED) is 0.595. The van der Waals surface area contributed by atoms with Crippen LogP contribution in [0.4, 0.5) is 0 Å². The van der Waals surface area contributed by atoms with Crippen LogP contribution < -0.4 is 4.74 Å². The van der Waals surface area contributed by atoms with Crippen LogP contribution in [0.2, 0.25) is 0 Å². The van der Waals surface area contributed by atoms with E-state index in [1.54, 1.807) is 12.4 Å².